The molecule has 0 spiro atoms. The number of hydrogen-bond acceptors (Lipinski definition) is 4. The standard InChI is InChI=1S/C12H19N3O4/c1-2-8(3-4-16)7-13-10(17)5-9-6-11(18)15-12(19)14-9/h6,8,16H,2-5,7H2,1H3,(H,13,17)(H2,14,15,18,19). The molecule has 4 N–H and O–H groups in total. The fraction of sp³-hybridized carbons (Fsp3) is 0.583. The Bertz CT molecular complexity index is 492. The normalized spacial score (nSPS) is 12.1. The highest BCUT2D eigenvalue weighted by atomic mass is 16.3. The van der Waals surface area contributed by atoms with Crippen LogP contribution in [0.4, 0.5) is 0 Å². The summed E-state index contributed by atoms with van der Waals surface area (Å²) in [7, 11) is 0. The van der Waals surface area contributed by atoms with Crippen LogP contribution in [-0.4, -0.2) is 34.1 Å². The smallest absolute Gasteiger partial charge is 0.325 e. The summed E-state index contributed by atoms with van der Waals surface area (Å²) in [4.78, 5) is 38.2. The molecule has 0 radical (unpaired) electrons. The molecular weight excluding hydrogens is 250 g/mol. The predicted molar refractivity (Wildman–Crippen MR) is 69.9 cm³/mol. The highest BCUT2D eigenvalue weighted by Crippen LogP contribution is 2.05. The second kappa shape index (κ2) is 7.52. The van der Waals surface area contributed by atoms with E-state index in [-0.39, 0.29) is 30.5 Å². The third kappa shape index (κ3) is 5.52. The maximum Gasteiger partial charge on any atom is 0.325 e. The van der Waals surface area contributed by atoms with Gasteiger partial charge in [-0.05, 0) is 12.3 Å². The van der Waals surface area contributed by atoms with Crippen LogP contribution in [0.15, 0.2) is 15.7 Å². The average Bonchev–Trinajstić information content (AvgIpc) is 2.33. The summed E-state index contributed by atoms with van der Waals surface area (Å²) in [6.45, 7) is 2.56. The molecule has 1 aromatic heterocycles. The van der Waals surface area contributed by atoms with Crippen LogP contribution >= 0.6 is 0 Å². The lowest BCUT2D eigenvalue weighted by atomic mass is 10.0. The van der Waals surface area contributed by atoms with Crippen LogP contribution in [0.5, 0.6) is 0 Å². The summed E-state index contributed by atoms with van der Waals surface area (Å²) in [5.74, 6) is -0.0372. The van der Waals surface area contributed by atoms with Crippen molar-refractivity contribution in [2.45, 2.75) is 26.2 Å². The molecule has 0 fully saturated rings. The van der Waals surface area contributed by atoms with Crippen molar-refractivity contribution < 1.29 is 9.90 Å². The molecule has 7 heteroatoms. The first kappa shape index (κ1) is 15.2. The molecule has 1 amide bonds. The SMILES string of the molecule is CCC(CCO)CNC(=O)Cc1cc(=O)[nH]c(=O)[nH]1. The van der Waals surface area contributed by atoms with Gasteiger partial charge in [0.1, 0.15) is 0 Å². The number of hydrogen-bond donors (Lipinski definition) is 4. The van der Waals surface area contributed by atoms with Crippen LogP contribution in [0.25, 0.3) is 0 Å². The molecule has 0 aromatic carbocycles. The number of amides is 1. The molecule has 106 valence electrons. The third-order valence-electron chi connectivity index (χ3n) is 2.87. The quantitative estimate of drug-likeness (QED) is 0.515. The molecule has 0 aliphatic carbocycles. The molecule has 7 nitrogen and oxygen atoms in total. The van der Waals surface area contributed by atoms with Crippen molar-refractivity contribution in [3.05, 3.63) is 32.6 Å². The number of aliphatic hydroxyl groups is 1. The maximum absolute atomic E-state index is 11.7. The van der Waals surface area contributed by atoms with E-state index in [0.717, 1.165) is 6.42 Å². The maximum atomic E-state index is 11.7. The lowest BCUT2D eigenvalue weighted by Crippen LogP contribution is -2.32. The highest BCUT2D eigenvalue weighted by Gasteiger charge is 2.09. The first-order valence-electron chi connectivity index (χ1n) is 6.25. The first-order valence-corrected chi connectivity index (χ1v) is 6.25. The van der Waals surface area contributed by atoms with Crippen LogP contribution in [-0.2, 0) is 11.2 Å². The number of aliphatic hydroxyl groups excluding tert-OH is 1. The number of aromatic nitrogens is 2. The van der Waals surface area contributed by atoms with Gasteiger partial charge in [0.2, 0.25) is 5.91 Å². The second-order valence-electron chi connectivity index (χ2n) is 4.38. The van der Waals surface area contributed by atoms with Crippen molar-refractivity contribution in [2.75, 3.05) is 13.2 Å². The molecule has 0 bridgehead atoms. The zero-order valence-corrected chi connectivity index (χ0v) is 10.9. The lowest BCUT2D eigenvalue weighted by Gasteiger charge is -2.14. The molecule has 1 atom stereocenters. The van der Waals surface area contributed by atoms with Crippen molar-refractivity contribution in [3.8, 4) is 0 Å². The van der Waals surface area contributed by atoms with Gasteiger partial charge in [-0.3, -0.25) is 14.6 Å². The van der Waals surface area contributed by atoms with Gasteiger partial charge in [-0.15, -0.1) is 0 Å². The van der Waals surface area contributed by atoms with E-state index in [1.165, 1.54) is 6.07 Å². The minimum atomic E-state index is -0.623. The van der Waals surface area contributed by atoms with Gasteiger partial charge in [0, 0.05) is 24.9 Å². The van der Waals surface area contributed by atoms with Gasteiger partial charge in [0.05, 0.1) is 6.42 Å². The van der Waals surface area contributed by atoms with Crippen LogP contribution in [0.2, 0.25) is 0 Å². The van der Waals surface area contributed by atoms with Crippen LogP contribution in [0, 0.1) is 5.92 Å². The van der Waals surface area contributed by atoms with Crippen molar-refractivity contribution in [2.24, 2.45) is 5.92 Å². The second-order valence-corrected chi connectivity index (χ2v) is 4.38. The Morgan fingerprint density at radius 1 is 1.42 bits per heavy atom. The van der Waals surface area contributed by atoms with Crippen LogP contribution in [0.1, 0.15) is 25.5 Å². The summed E-state index contributed by atoms with van der Waals surface area (Å²) in [6, 6.07) is 1.19. The summed E-state index contributed by atoms with van der Waals surface area (Å²) < 4.78 is 0. The van der Waals surface area contributed by atoms with E-state index in [2.05, 4.69) is 10.3 Å². The highest BCUT2D eigenvalue weighted by molar-refractivity contribution is 5.77. The van der Waals surface area contributed by atoms with E-state index < -0.39 is 11.2 Å². The van der Waals surface area contributed by atoms with E-state index in [0.29, 0.717) is 13.0 Å². The summed E-state index contributed by atoms with van der Waals surface area (Å²) in [6.07, 6.45) is 1.45. The number of aromatic amines is 2. The Balaban J connectivity index is 2.51. The van der Waals surface area contributed by atoms with E-state index in [1.54, 1.807) is 0 Å². The van der Waals surface area contributed by atoms with E-state index >= 15 is 0 Å². The Morgan fingerprint density at radius 3 is 2.74 bits per heavy atom. The molecule has 0 aliphatic heterocycles. The zero-order valence-electron chi connectivity index (χ0n) is 10.9. The fourth-order valence-corrected chi connectivity index (χ4v) is 1.74. The molecule has 0 saturated heterocycles. The molecular formula is C12H19N3O4. The summed E-state index contributed by atoms with van der Waals surface area (Å²) in [5.41, 5.74) is -0.873. The minimum absolute atomic E-state index is 0.0469. The van der Waals surface area contributed by atoms with Gasteiger partial charge < -0.3 is 15.4 Å². The Kier molecular flexibility index (Phi) is 6.01. The fourth-order valence-electron chi connectivity index (χ4n) is 1.74. The number of carbonyl (C=O) groups excluding carboxylic acids is 1. The molecule has 1 aromatic rings. The molecule has 0 saturated carbocycles. The molecule has 0 aliphatic rings. The van der Waals surface area contributed by atoms with E-state index in [9.17, 15) is 14.4 Å². The Morgan fingerprint density at radius 2 is 2.16 bits per heavy atom. The Hall–Kier alpha value is -1.89. The molecule has 1 heterocycles. The summed E-state index contributed by atoms with van der Waals surface area (Å²) >= 11 is 0. The molecule has 1 rings (SSSR count). The molecule has 19 heavy (non-hydrogen) atoms. The third-order valence-corrected chi connectivity index (χ3v) is 2.87. The van der Waals surface area contributed by atoms with Gasteiger partial charge in [0.15, 0.2) is 0 Å². The Labute approximate surface area is 110 Å². The van der Waals surface area contributed by atoms with E-state index in [1.807, 2.05) is 11.9 Å². The van der Waals surface area contributed by atoms with Crippen molar-refractivity contribution in [1.29, 1.82) is 0 Å². The predicted octanol–water partition coefficient (Wildman–Crippen LogP) is -0.869. The largest absolute Gasteiger partial charge is 0.396 e. The van der Waals surface area contributed by atoms with Crippen LogP contribution < -0.4 is 16.6 Å². The van der Waals surface area contributed by atoms with Gasteiger partial charge >= 0.3 is 5.69 Å². The topological polar surface area (TPSA) is 115 Å². The van der Waals surface area contributed by atoms with Crippen molar-refractivity contribution in [3.63, 3.8) is 0 Å². The van der Waals surface area contributed by atoms with Crippen LogP contribution in [0.3, 0.4) is 0 Å². The van der Waals surface area contributed by atoms with Gasteiger partial charge in [-0.25, -0.2) is 4.79 Å². The van der Waals surface area contributed by atoms with Crippen molar-refractivity contribution >= 4 is 5.91 Å². The number of rotatable bonds is 7. The number of nitrogens with one attached hydrogen (secondary N) is 3. The minimum Gasteiger partial charge on any atom is -0.396 e. The van der Waals surface area contributed by atoms with Gasteiger partial charge in [-0.1, -0.05) is 13.3 Å². The average molecular weight is 269 g/mol. The van der Waals surface area contributed by atoms with Gasteiger partial charge in [-0.2, -0.15) is 0 Å². The molecule has 1 unspecified atom stereocenters. The number of H-pyrrole nitrogens is 2. The van der Waals surface area contributed by atoms with Crippen molar-refractivity contribution in [1.82, 2.24) is 15.3 Å². The summed E-state index contributed by atoms with van der Waals surface area (Å²) in [5, 5.41) is 11.6. The number of carbonyl (C=O) groups is 1. The van der Waals surface area contributed by atoms with Gasteiger partial charge in [0.25, 0.3) is 5.56 Å². The lowest BCUT2D eigenvalue weighted by molar-refractivity contribution is -0.120. The first-order chi connectivity index (χ1) is 9.05. The van der Waals surface area contributed by atoms with E-state index in [4.69, 9.17) is 5.11 Å². The monoisotopic (exact) mass is 269 g/mol. The zero-order chi connectivity index (χ0) is 14.3.